The van der Waals surface area contributed by atoms with Crippen molar-refractivity contribution < 1.29 is 14.3 Å². The number of hydrogen-bond donors (Lipinski definition) is 0. The van der Waals surface area contributed by atoms with Gasteiger partial charge in [0.25, 0.3) is 0 Å². The van der Waals surface area contributed by atoms with Gasteiger partial charge in [-0.3, -0.25) is 0 Å². The predicted molar refractivity (Wildman–Crippen MR) is 103 cm³/mol. The molecule has 3 heteroatoms. The largest absolute Gasteiger partial charge is 0.494 e. The van der Waals surface area contributed by atoms with Crippen LogP contribution in [0.3, 0.4) is 0 Å². The third kappa shape index (κ3) is 7.42. The summed E-state index contributed by atoms with van der Waals surface area (Å²) < 4.78 is 10.5. The number of carbonyl (C=O) groups excluding carboxylic acids is 1. The van der Waals surface area contributed by atoms with Crippen molar-refractivity contribution >= 4 is 5.97 Å². The Morgan fingerprint density at radius 1 is 0.880 bits per heavy atom. The monoisotopic (exact) mass is 342 g/mol. The molecule has 0 amide bonds. The van der Waals surface area contributed by atoms with Crippen molar-refractivity contribution in [2.75, 3.05) is 13.7 Å². The molecule has 0 bridgehead atoms. The second kappa shape index (κ2) is 12.1. The van der Waals surface area contributed by atoms with Crippen LogP contribution in [0.25, 0.3) is 0 Å². The number of carbonyl (C=O) groups is 1. The first kappa shape index (κ1) is 20.8. The highest BCUT2D eigenvalue weighted by molar-refractivity contribution is 5.89. The molecule has 2 rings (SSSR count). The lowest BCUT2D eigenvalue weighted by Crippen LogP contribution is -2.02. The fourth-order valence-electron chi connectivity index (χ4n) is 2.43. The van der Waals surface area contributed by atoms with E-state index in [0.29, 0.717) is 12.2 Å². The number of hydrogen-bond acceptors (Lipinski definition) is 3. The topological polar surface area (TPSA) is 35.5 Å². The summed E-state index contributed by atoms with van der Waals surface area (Å²) in [4.78, 5) is 11.4. The lowest BCUT2D eigenvalue weighted by Gasteiger charge is -2.07. The van der Waals surface area contributed by atoms with Gasteiger partial charge in [-0.25, -0.2) is 4.79 Å². The van der Waals surface area contributed by atoms with Crippen LogP contribution in [0.5, 0.6) is 5.75 Å². The van der Waals surface area contributed by atoms with Gasteiger partial charge in [-0.05, 0) is 54.7 Å². The van der Waals surface area contributed by atoms with E-state index in [1.807, 2.05) is 38.1 Å². The molecule has 0 saturated carbocycles. The van der Waals surface area contributed by atoms with Gasteiger partial charge in [-0.1, -0.05) is 51.5 Å². The van der Waals surface area contributed by atoms with Gasteiger partial charge in [0.2, 0.25) is 0 Å². The molecule has 0 fully saturated rings. The highest BCUT2D eigenvalue weighted by atomic mass is 16.5. The Morgan fingerprint density at radius 2 is 1.44 bits per heavy atom. The van der Waals surface area contributed by atoms with Crippen LogP contribution < -0.4 is 4.74 Å². The Morgan fingerprint density at radius 3 is 2.00 bits per heavy atom. The highest BCUT2D eigenvalue weighted by Crippen LogP contribution is 2.14. The molecule has 0 heterocycles. The number of methoxy groups -OCH3 is 1. The van der Waals surface area contributed by atoms with Gasteiger partial charge in [0, 0.05) is 0 Å². The van der Waals surface area contributed by atoms with Gasteiger partial charge in [0.05, 0.1) is 19.3 Å². The van der Waals surface area contributed by atoms with Crippen LogP contribution in [-0.2, 0) is 17.6 Å². The van der Waals surface area contributed by atoms with Gasteiger partial charge in [0.1, 0.15) is 5.75 Å². The number of ether oxygens (including phenoxy) is 2. The summed E-state index contributed by atoms with van der Waals surface area (Å²) in [6.45, 7) is 6.87. The molecule has 2 aromatic rings. The van der Waals surface area contributed by atoms with Crippen molar-refractivity contribution in [3.05, 3.63) is 65.2 Å². The molecule has 0 aliphatic carbocycles. The Balaban J connectivity index is 0.00000151. The van der Waals surface area contributed by atoms with Crippen LogP contribution in [0.1, 0.15) is 55.1 Å². The van der Waals surface area contributed by atoms with E-state index in [2.05, 4.69) is 23.8 Å². The smallest absolute Gasteiger partial charge is 0.337 e. The van der Waals surface area contributed by atoms with Crippen LogP contribution in [0.15, 0.2) is 48.5 Å². The molecular formula is C22H30O3. The Bertz CT molecular complexity index is 600. The Labute approximate surface area is 152 Å². The first-order valence-corrected chi connectivity index (χ1v) is 9.12. The maximum absolute atomic E-state index is 11.4. The first-order chi connectivity index (χ1) is 12.2. The predicted octanol–water partition coefficient (Wildman–Crippen LogP) is 5.46. The quantitative estimate of drug-likeness (QED) is 0.472. The highest BCUT2D eigenvalue weighted by Gasteiger charge is 2.04. The van der Waals surface area contributed by atoms with Gasteiger partial charge in [0.15, 0.2) is 0 Å². The number of aryl methyl sites for hydroxylation is 2. The molecule has 0 radical (unpaired) electrons. The summed E-state index contributed by atoms with van der Waals surface area (Å²) in [6, 6.07) is 15.9. The zero-order valence-electron chi connectivity index (χ0n) is 15.9. The molecule has 0 unspecified atom stereocenters. The normalized spacial score (nSPS) is 9.76. The molecule has 0 atom stereocenters. The minimum Gasteiger partial charge on any atom is -0.494 e. The maximum atomic E-state index is 11.4. The average molecular weight is 342 g/mol. The summed E-state index contributed by atoms with van der Waals surface area (Å²) in [5.74, 6) is 0.622. The van der Waals surface area contributed by atoms with Crippen LogP contribution in [0, 0.1) is 0 Å². The molecule has 0 aliphatic rings. The van der Waals surface area contributed by atoms with Crippen LogP contribution in [-0.4, -0.2) is 19.7 Å². The zero-order chi connectivity index (χ0) is 18.5. The molecule has 3 nitrogen and oxygen atoms in total. The van der Waals surface area contributed by atoms with Crippen molar-refractivity contribution in [3.8, 4) is 5.75 Å². The van der Waals surface area contributed by atoms with E-state index >= 15 is 0 Å². The third-order valence-electron chi connectivity index (χ3n) is 3.72. The molecular weight excluding hydrogens is 312 g/mol. The second-order valence-corrected chi connectivity index (χ2v) is 5.53. The van der Waals surface area contributed by atoms with E-state index in [4.69, 9.17) is 4.74 Å². The molecule has 136 valence electrons. The van der Waals surface area contributed by atoms with Gasteiger partial charge >= 0.3 is 5.97 Å². The van der Waals surface area contributed by atoms with E-state index in [1.165, 1.54) is 18.2 Å². The van der Waals surface area contributed by atoms with E-state index in [9.17, 15) is 4.79 Å². The summed E-state index contributed by atoms with van der Waals surface area (Å²) in [6.07, 6.45) is 4.14. The fraction of sp³-hybridized carbons (Fsp3) is 0.409. The second-order valence-electron chi connectivity index (χ2n) is 5.53. The zero-order valence-corrected chi connectivity index (χ0v) is 15.9. The number of esters is 1. The van der Waals surface area contributed by atoms with Crippen molar-refractivity contribution in [1.82, 2.24) is 0 Å². The minimum atomic E-state index is -0.300. The van der Waals surface area contributed by atoms with Gasteiger partial charge in [-0.15, -0.1) is 0 Å². The van der Waals surface area contributed by atoms with Crippen LogP contribution in [0.2, 0.25) is 0 Å². The van der Waals surface area contributed by atoms with E-state index in [-0.39, 0.29) is 5.97 Å². The molecule has 0 N–H and O–H groups in total. The first-order valence-electron chi connectivity index (χ1n) is 9.12. The van der Waals surface area contributed by atoms with Crippen molar-refractivity contribution in [3.63, 3.8) is 0 Å². The summed E-state index contributed by atoms with van der Waals surface area (Å²) in [7, 11) is 1.39. The van der Waals surface area contributed by atoms with Gasteiger partial charge in [-0.2, -0.15) is 0 Å². The van der Waals surface area contributed by atoms with Crippen LogP contribution in [0.4, 0.5) is 0 Å². The van der Waals surface area contributed by atoms with Gasteiger partial charge < -0.3 is 9.47 Å². The number of benzene rings is 2. The van der Waals surface area contributed by atoms with Crippen molar-refractivity contribution in [2.24, 2.45) is 0 Å². The summed E-state index contributed by atoms with van der Waals surface area (Å²) in [5.41, 5.74) is 3.13. The number of rotatable bonds is 8. The van der Waals surface area contributed by atoms with Crippen molar-refractivity contribution in [1.29, 1.82) is 0 Å². The summed E-state index contributed by atoms with van der Waals surface area (Å²) in [5, 5.41) is 0. The lowest BCUT2D eigenvalue weighted by atomic mass is 10.1. The average Bonchev–Trinajstić information content (AvgIpc) is 2.68. The summed E-state index contributed by atoms with van der Waals surface area (Å²) >= 11 is 0. The lowest BCUT2D eigenvalue weighted by molar-refractivity contribution is 0.0600. The van der Waals surface area contributed by atoms with Crippen LogP contribution >= 0.6 is 0 Å². The molecule has 0 aromatic heterocycles. The molecule has 0 spiro atoms. The third-order valence-corrected chi connectivity index (χ3v) is 3.72. The van der Waals surface area contributed by atoms with Crippen molar-refractivity contribution in [2.45, 2.75) is 46.5 Å². The Hall–Kier alpha value is -2.29. The maximum Gasteiger partial charge on any atom is 0.337 e. The fourth-order valence-corrected chi connectivity index (χ4v) is 2.43. The molecule has 2 aromatic carbocycles. The standard InChI is InChI=1S/C20H24O3.C2H6/c1-3-5-16-9-13-19(14-10-16)23-15-4-6-17-7-11-18(12-8-17)20(21)22-2;1-2/h7-14H,3-6,15H2,1-2H3;1-2H3. The minimum absolute atomic E-state index is 0.300. The molecule has 25 heavy (non-hydrogen) atoms. The van der Waals surface area contributed by atoms with E-state index < -0.39 is 0 Å². The Kier molecular flexibility index (Phi) is 10.1. The van der Waals surface area contributed by atoms with E-state index in [0.717, 1.165) is 31.4 Å². The molecule has 0 saturated heterocycles. The van der Waals surface area contributed by atoms with E-state index in [1.54, 1.807) is 12.1 Å². The SMILES string of the molecule is CC.CCCc1ccc(OCCCc2ccc(C(=O)OC)cc2)cc1. The molecule has 0 aliphatic heterocycles.